The summed E-state index contributed by atoms with van der Waals surface area (Å²) in [4.78, 5) is 0. The molecule has 1 aromatic rings. The molecule has 0 aliphatic heterocycles. The van der Waals surface area contributed by atoms with Crippen LogP contribution in [0.3, 0.4) is 0 Å². The molecule has 0 aliphatic rings. The molecule has 100 valence electrons. The highest BCUT2D eigenvalue weighted by molar-refractivity contribution is 9.10. The molecule has 1 atom stereocenters. The third-order valence-corrected chi connectivity index (χ3v) is 3.34. The van der Waals surface area contributed by atoms with E-state index in [4.69, 9.17) is 0 Å². The van der Waals surface area contributed by atoms with Crippen LogP contribution >= 0.6 is 15.9 Å². The summed E-state index contributed by atoms with van der Waals surface area (Å²) in [6, 6.07) is 2.37. The number of aromatic nitrogens is 2. The Morgan fingerprint density at radius 3 is 2.89 bits per heavy atom. The molecule has 4 nitrogen and oxygen atoms in total. The maximum atomic E-state index is 9.20. The minimum atomic E-state index is -0.388. The number of nitrogens with one attached hydrogen (secondary N) is 1. The van der Waals surface area contributed by atoms with E-state index >= 15 is 0 Å². The van der Waals surface area contributed by atoms with Crippen LogP contribution in [-0.2, 0) is 6.54 Å². The van der Waals surface area contributed by atoms with Gasteiger partial charge in [0, 0.05) is 12.7 Å². The summed E-state index contributed by atoms with van der Waals surface area (Å²) >= 11 is 3.38. The highest BCUT2D eigenvalue weighted by Crippen LogP contribution is 2.14. The van der Waals surface area contributed by atoms with Gasteiger partial charge in [0.25, 0.3) is 0 Å². The first kappa shape index (κ1) is 15.2. The zero-order valence-corrected chi connectivity index (χ0v) is 12.7. The summed E-state index contributed by atoms with van der Waals surface area (Å²) in [6.45, 7) is 5.89. The molecule has 5 heteroatoms. The molecular weight excluding hydrogens is 292 g/mol. The minimum Gasteiger partial charge on any atom is -0.300 e. The highest BCUT2D eigenvalue weighted by atomic mass is 79.9. The summed E-state index contributed by atoms with van der Waals surface area (Å²) in [6.07, 6.45) is 7.77. The first-order chi connectivity index (χ1) is 8.59. The van der Waals surface area contributed by atoms with Gasteiger partial charge in [-0.15, -0.1) is 0 Å². The van der Waals surface area contributed by atoms with E-state index in [1.165, 1.54) is 0 Å². The number of unbranched alkanes of at least 4 members (excludes halogenated alkanes) is 1. The van der Waals surface area contributed by atoms with Gasteiger partial charge in [-0.05, 0) is 55.1 Å². The Morgan fingerprint density at radius 2 is 2.33 bits per heavy atom. The number of aryl methyl sites for hydroxylation is 1. The fraction of sp³-hybridized carbons (Fsp3) is 0.692. The summed E-state index contributed by atoms with van der Waals surface area (Å²) in [7, 11) is 0. The van der Waals surface area contributed by atoms with Gasteiger partial charge in [-0.1, -0.05) is 6.92 Å². The van der Waals surface area contributed by atoms with Crippen molar-refractivity contribution in [2.24, 2.45) is 0 Å². The number of nitriles is 1. The van der Waals surface area contributed by atoms with E-state index in [-0.39, 0.29) is 5.54 Å². The Balaban J connectivity index is 2.25. The van der Waals surface area contributed by atoms with Gasteiger partial charge in [-0.2, -0.15) is 10.4 Å². The van der Waals surface area contributed by atoms with Crippen LogP contribution in [0.4, 0.5) is 0 Å². The topological polar surface area (TPSA) is 53.6 Å². The van der Waals surface area contributed by atoms with Gasteiger partial charge in [0.15, 0.2) is 0 Å². The lowest BCUT2D eigenvalue weighted by molar-refractivity contribution is 0.393. The van der Waals surface area contributed by atoms with Crippen LogP contribution in [-0.4, -0.2) is 21.9 Å². The fourth-order valence-electron chi connectivity index (χ4n) is 1.80. The molecule has 0 bridgehead atoms. The number of rotatable bonds is 8. The Bertz CT molecular complexity index is 396. The van der Waals surface area contributed by atoms with Crippen LogP contribution in [0.1, 0.15) is 39.5 Å². The number of hydrogen-bond donors (Lipinski definition) is 1. The van der Waals surface area contributed by atoms with Gasteiger partial charge in [-0.3, -0.25) is 10.00 Å². The molecule has 1 rings (SSSR count). The molecule has 1 aromatic heterocycles. The molecule has 18 heavy (non-hydrogen) atoms. The van der Waals surface area contributed by atoms with Crippen molar-refractivity contribution in [3.8, 4) is 6.07 Å². The van der Waals surface area contributed by atoms with E-state index in [9.17, 15) is 5.26 Å². The lowest BCUT2D eigenvalue weighted by Crippen LogP contribution is -2.41. The highest BCUT2D eigenvalue weighted by Gasteiger charge is 2.21. The average Bonchev–Trinajstić information content (AvgIpc) is 2.78. The zero-order valence-electron chi connectivity index (χ0n) is 11.1. The zero-order chi connectivity index (χ0) is 13.4. The van der Waals surface area contributed by atoms with Crippen LogP contribution in [0.5, 0.6) is 0 Å². The largest absolute Gasteiger partial charge is 0.300 e. The second-order valence-corrected chi connectivity index (χ2v) is 5.67. The first-order valence-electron chi connectivity index (χ1n) is 6.44. The minimum absolute atomic E-state index is 0.388. The monoisotopic (exact) mass is 312 g/mol. The molecule has 0 fully saturated rings. The second kappa shape index (κ2) is 7.55. The first-order valence-corrected chi connectivity index (χ1v) is 7.23. The maximum Gasteiger partial charge on any atom is 0.103 e. The van der Waals surface area contributed by atoms with Crippen LogP contribution in [0.15, 0.2) is 16.9 Å². The van der Waals surface area contributed by atoms with Crippen molar-refractivity contribution in [1.82, 2.24) is 15.1 Å². The lowest BCUT2D eigenvalue weighted by Gasteiger charge is -2.22. The van der Waals surface area contributed by atoms with E-state index < -0.39 is 0 Å². The van der Waals surface area contributed by atoms with Gasteiger partial charge < -0.3 is 0 Å². The van der Waals surface area contributed by atoms with Crippen LogP contribution in [0.2, 0.25) is 0 Å². The molecule has 0 saturated heterocycles. The number of halogens is 1. The summed E-state index contributed by atoms with van der Waals surface area (Å²) in [5.74, 6) is 0. The smallest absolute Gasteiger partial charge is 0.103 e. The molecule has 1 unspecified atom stereocenters. The van der Waals surface area contributed by atoms with Crippen molar-refractivity contribution in [2.75, 3.05) is 6.54 Å². The molecule has 0 spiro atoms. The fourth-order valence-corrected chi connectivity index (χ4v) is 2.13. The van der Waals surface area contributed by atoms with Crippen molar-refractivity contribution < 1.29 is 0 Å². The molecule has 0 aromatic carbocycles. The van der Waals surface area contributed by atoms with Crippen molar-refractivity contribution in [1.29, 1.82) is 5.26 Å². The molecule has 0 radical (unpaired) electrons. The van der Waals surface area contributed by atoms with Gasteiger partial charge in [0.1, 0.15) is 5.54 Å². The molecule has 1 N–H and O–H groups in total. The predicted molar refractivity (Wildman–Crippen MR) is 76.1 cm³/mol. The summed E-state index contributed by atoms with van der Waals surface area (Å²) in [5.41, 5.74) is -0.388. The maximum absolute atomic E-state index is 9.20. The van der Waals surface area contributed by atoms with Crippen molar-refractivity contribution in [2.45, 2.75) is 51.6 Å². The molecular formula is C13H21BrN4. The van der Waals surface area contributed by atoms with Crippen LogP contribution in [0, 0.1) is 11.3 Å². The molecule has 0 amide bonds. The normalized spacial score (nSPS) is 14.1. The van der Waals surface area contributed by atoms with E-state index in [1.807, 2.05) is 17.8 Å². The predicted octanol–water partition coefficient (Wildman–Crippen LogP) is 3.10. The van der Waals surface area contributed by atoms with Gasteiger partial charge in [0.05, 0.1) is 16.7 Å². The molecule has 1 heterocycles. The summed E-state index contributed by atoms with van der Waals surface area (Å²) in [5, 5.41) is 16.7. The van der Waals surface area contributed by atoms with Crippen molar-refractivity contribution in [3.05, 3.63) is 16.9 Å². The van der Waals surface area contributed by atoms with E-state index in [2.05, 4.69) is 39.3 Å². The quantitative estimate of drug-likeness (QED) is 0.750. The van der Waals surface area contributed by atoms with Gasteiger partial charge in [-0.25, -0.2) is 0 Å². The third kappa shape index (κ3) is 5.19. The van der Waals surface area contributed by atoms with Gasteiger partial charge >= 0.3 is 0 Å². The Morgan fingerprint density at radius 1 is 1.56 bits per heavy atom. The summed E-state index contributed by atoms with van der Waals surface area (Å²) < 4.78 is 2.93. The Kier molecular flexibility index (Phi) is 6.37. The SMILES string of the molecule is CCCNC(C)(C#N)CCCCn1cc(Br)cn1. The second-order valence-electron chi connectivity index (χ2n) is 4.75. The number of hydrogen-bond acceptors (Lipinski definition) is 3. The van der Waals surface area contributed by atoms with Crippen molar-refractivity contribution >= 4 is 15.9 Å². The van der Waals surface area contributed by atoms with Gasteiger partial charge in [0.2, 0.25) is 0 Å². The van der Waals surface area contributed by atoms with Crippen molar-refractivity contribution in [3.63, 3.8) is 0 Å². The van der Waals surface area contributed by atoms with E-state index in [1.54, 1.807) is 6.20 Å². The average molecular weight is 313 g/mol. The third-order valence-electron chi connectivity index (χ3n) is 2.93. The molecule has 0 aliphatic carbocycles. The number of nitrogens with zero attached hydrogens (tertiary/aromatic N) is 3. The lowest BCUT2D eigenvalue weighted by atomic mass is 9.96. The Labute approximate surface area is 117 Å². The van der Waals surface area contributed by atoms with Crippen LogP contribution in [0.25, 0.3) is 0 Å². The molecule has 0 saturated carbocycles. The standard InChI is InChI=1S/C13H21BrN4/c1-3-7-16-13(2,11-15)6-4-5-8-18-10-12(14)9-17-18/h9-10,16H,3-8H2,1-2H3. The van der Waals surface area contributed by atoms with E-state index in [0.29, 0.717) is 0 Å². The Hall–Kier alpha value is -0.860. The van der Waals surface area contributed by atoms with Crippen LogP contribution < -0.4 is 5.32 Å². The van der Waals surface area contributed by atoms with E-state index in [0.717, 1.165) is 43.2 Å².